The minimum absolute atomic E-state index is 0.0653. The molecule has 0 aromatic carbocycles. The summed E-state index contributed by atoms with van der Waals surface area (Å²) in [5.41, 5.74) is 7.90. The fraction of sp³-hybridized carbons (Fsp3) is 0.533. The number of imidazole rings is 1. The molecule has 23 heavy (non-hydrogen) atoms. The third-order valence-corrected chi connectivity index (χ3v) is 6.90. The zero-order valence-electron chi connectivity index (χ0n) is 13.3. The van der Waals surface area contributed by atoms with Crippen LogP contribution in [0, 0.1) is 0 Å². The number of alkyl halides is 1. The number of ether oxygens (including phenoxy) is 1. The minimum atomic E-state index is -1.13. The Labute approximate surface area is 149 Å². The molecule has 0 radical (unpaired) electrons. The van der Waals surface area contributed by atoms with E-state index in [1.807, 2.05) is 4.57 Å². The summed E-state index contributed by atoms with van der Waals surface area (Å²) >= 11 is 2.25. The van der Waals surface area contributed by atoms with E-state index in [9.17, 15) is 5.11 Å². The number of halogens is 1. The minimum Gasteiger partial charge on any atom is -0.397 e. The maximum absolute atomic E-state index is 10.5. The molecule has 6 nitrogen and oxygen atoms in total. The Morgan fingerprint density at radius 2 is 2.22 bits per heavy atom. The van der Waals surface area contributed by atoms with Crippen molar-refractivity contribution in [2.45, 2.75) is 28.8 Å². The molecule has 0 unspecified atom stereocenters. The average Bonchev–Trinajstić information content (AvgIpc) is 3.01. The normalized spacial score (nSPS) is 28.5. The number of nitrogen functional groups attached to an aromatic ring is 1. The molecule has 3 heterocycles. The van der Waals surface area contributed by atoms with Gasteiger partial charge in [0.25, 0.3) is 0 Å². The number of pyridine rings is 1. The number of aliphatic hydroxyl groups excluding tert-OH is 1. The first-order chi connectivity index (χ1) is 10.8. The largest absolute Gasteiger partial charge is 0.397 e. The van der Waals surface area contributed by atoms with Gasteiger partial charge in [-0.2, -0.15) is 0 Å². The molecule has 3 N–H and O–H groups in total. The first kappa shape index (κ1) is 17.2. The predicted octanol–water partition coefficient (Wildman–Crippen LogP) is 2.17. The van der Waals surface area contributed by atoms with E-state index in [2.05, 4.69) is 52.2 Å². The third kappa shape index (κ3) is 3.43. The molecular formula is C15H22IN4O2P. The number of aromatic nitrogens is 3. The summed E-state index contributed by atoms with van der Waals surface area (Å²) in [6, 6.07) is 1.73. The van der Waals surface area contributed by atoms with Crippen molar-refractivity contribution in [1.29, 1.82) is 0 Å². The number of hydrogen-bond acceptors (Lipinski definition) is 5. The van der Waals surface area contributed by atoms with Crippen LogP contribution in [0.1, 0.15) is 12.6 Å². The number of nitrogens with two attached hydrogens (primary N) is 1. The monoisotopic (exact) mass is 448 g/mol. The van der Waals surface area contributed by atoms with E-state index < -0.39 is 13.0 Å². The van der Waals surface area contributed by atoms with E-state index in [-0.39, 0.29) is 16.3 Å². The zero-order valence-corrected chi connectivity index (χ0v) is 16.3. The van der Waals surface area contributed by atoms with Crippen molar-refractivity contribution in [2.75, 3.05) is 25.2 Å². The van der Waals surface area contributed by atoms with Crippen LogP contribution in [0.15, 0.2) is 18.6 Å². The fourth-order valence-corrected chi connectivity index (χ4v) is 4.71. The highest BCUT2D eigenvalue weighted by atomic mass is 127. The topological polar surface area (TPSA) is 86.2 Å². The molecule has 3 rings (SSSR count). The summed E-state index contributed by atoms with van der Waals surface area (Å²) in [5, 5.41) is 10.5. The van der Waals surface area contributed by atoms with E-state index >= 15 is 0 Å². The quantitative estimate of drug-likeness (QED) is 0.426. The summed E-state index contributed by atoms with van der Waals surface area (Å²) in [5.74, 6) is 0. The van der Waals surface area contributed by atoms with Gasteiger partial charge in [-0.3, -0.25) is 4.57 Å². The van der Waals surface area contributed by atoms with Crippen LogP contribution in [0.4, 0.5) is 5.69 Å². The summed E-state index contributed by atoms with van der Waals surface area (Å²) in [4.78, 5) is 8.71. The highest BCUT2D eigenvalue weighted by Gasteiger charge is 2.43. The van der Waals surface area contributed by atoms with Gasteiger partial charge in [0.05, 0.1) is 28.1 Å². The van der Waals surface area contributed by atoms with Gasteiger partial charge in [-0.25, -0.2) is 9.97 Å². The van der Waals surface area contributed by atoms with Gasteiger partial charge in [0.2, 0.25) is 0 Å². The van der Waals surface area contributed by atoms with Crippen LogP contribution >= 0.6 is 29.5 Å². The number of aliphatic hydroxyl groups is 1. The summed E-state index contributed by atoms with van der Waals surface area (Å²) in [6.45, 7) is 3.26. The zero-order chi connectivity index (χ0) is 16.8. The lowest BCUT2D eigenvalue weighted by molar-refractivity contribution is -0.0173. The van der Waals surface area contributed by atoms with Gasteiger partial charge in [-0.05, 0) is 32.0 Å². The van der Waals surface area contributed by atoms with Crippen molar-refractivity contribution in [3.05, 3.63) is 18.6 Å². The highest BCUT2D eigenvalue weighted by molar-refractivity contribution is 14.1. The van der Waals surface area contributed by atoms with Crippen molar-refractivity contribution < 1.29 is 9.84 Å². The molecule has 0 bridgehead atoms. The van der Waals surface area contributed by atoms with Crippen molar-refractivity contribution in [3.8, 4) is 0 Å². The van der Waals surface area contributed by atoms with Gasteiger partial charge in [-0.1, -0.05) is 22.6 Å². The van der Waals surface area contributed by atoms with Crippen LogP contribution in [0.25, 0.3) is 11.2 Å². The van der Waals surface area contributed by atoms with E-state index in [0.717, 1.165) is 12.6 Å². The van der Waals surface area contributed by atoms with Gasteiger partial charge in [0.1, 0.15) is 5.52 Å². The van der Waals surface area contributed by atoms with Gasteiger partial charge in [0.15, 0.2) is 11.9 Å². The highest BCUT2D eigenvalue weighted by Crippen LogP contribution is 2.42. The van der Waals surface area contributed by atoms with E-state index in [1.54, 1.807) is 18.6 Å². The van der Waals surface area contributed by atoms with Crippen LogP contribution in [-0.4, -0.2) is 61.6 Å². The van der Waals surface area contributed by atoms with E-state index in [0.29, 0.717) is 16.9 Å². The lowest BCUT2D eigenvalue weighted by Crippen LogP contribution is -2.27. The molecule has 1 aliphatic heterocycles. The number of nitrogens with zero attached hydrogens (tertiary/aromatic N) is 3. The fourth-order valence-electron chi connectivity index (χ4n) is 2.78. The first-order valence-corrected chi connectivity index (χ1v) is 11.8. The number of fused-ring (bicyclic) bond motifs is 1. The van der Waals surface area contributed by atoms with E-state index in [4.69, 9.17) is 10.5 Å². The molecule has 1 aliphatic rings. The molecule has 4 atom stereocenters. The number of rotatable bonds is 4. The second-order valence-electron chi connectivity index (χ2n) is 6.67. The molecule has 0 spiro atoms. The molecular weight excluding hydrogens is 426 g/mol. The van der Waals surface area contributed by atoms with Crippen LogP contribution in [0.3, 0.4) is 0 Å². The van der Waals surface area contributed by atoms with Crippen molar-refractivity contribution in [2.24, 2.45) is 0 Å². The molecule has 8 heteroatoms. The summed E-state index contributed by atoms with van der Waals surface area (Å²) < 4.78 is 7.95. The molecule has 2 aromatic heterocycles. The molecule has 2 aromatic rings. The van der Waals surface area contributed by atoms with Crippen LogP contribution in [0.2, 0.25) is 0 Å². The van der Waals surface area contributed by atoms with Crippen LogP contribution in [0.5, 0.6) is 0 Å². The second-order valence-corrected chi connectivity index (χ2v) is 12.4. The summed E-state index contributed by atoms with van der Waals surface area (Å²) in [7, 11) is 0. The molecule has 1 saturated heterocycles. The molecule has 126 valence electrons. The predicted molar refractivity (Wildman–Crippen MR) is 105 cm³/mol. The SMILES string of the molecule is C=P(C)(C)CC[C@H]1O[C@@H](n2cnc3c(N)ccnc32)[C@H](I)[C@@H]1O. The first-order valence-electron chi connectivity index (χ1n) is 7.50. The smallest absolute Gasteiger partial charge is 0.164 e. The number of anilines is 1. The Hall–Kier alpha value is -0.630. The lowest BCUT2D eigenvalue weighted by atomic mass is 10.1. The summed E-state index contributed by atoms with van der Waals surface area (Å²) in [6.07, 6.45) is 8.43. The second kappa shape index (κ2) is 6.35. The number of hydrogen-bond donors (Lipinski definition) is 2. The van der Waals surface area contributed by atoms with Gasteiger partial charge >= 0.3 is 0 Å². The Morgan fingerprint density at radius 1 is 1.48 bits per heavy atom. The van der Waals surface area contributed by atoms with Gasteiger partial charge < -0.3 is 15.6 Å². The molecule has 0 amide bonds. The third-order valence-electron chi connectivity index (χ3n) is 4.08. The van der Waals surface area contributed by atoms with Crippen molar-refractivity contribution >= 4 is 52.6 Å². The van der Waals surface area contributed by atoms with Gasteiger partial charge in [-0.15, -0.1) is 13.2 Å². The molecule has 1 fully saturated rings. The van der Waals surface area contributed by atoms with Crippen LogP contribution < -0.4 is 5.73 Å². The Balaban J connectivity index is 1.85. The maximum Gasteiger partial charge on any atom is 0.164 e. The van der Waals surface area contributed by atoms with Crippen molar-refractivity contribution in [1.82, 2.24) is 14.5 Å². The Morgan fingerprint density at radius 3 is 2.91 bits per heavy atom. The average molecular weight is 448 g/mol. The van der Waals surface area contributed by atoms with Gasteiger partial charge in [0, 0.05) is 6.20 Å². The maximum atomic E-state index is 10.5. The Kier molecular flexibility index (Phi) is 4.75. The van der Waals surface area contributed by atoms with E-state index in [1.165, 1.54) is 0 Å². The lowest BCUT2D eigenvalue weighted by Gasteiger charge is -2.19. The standard InChI is InChI=1S/C15H22IN4O2P/c1-23(2,3)7-5-10-13(21)11(16)15(22-10)20-8-19-12-9(17)4-6-18-14(12)20/h4,6,8,10-11,13,15,21H,1,5,7H2,2-3H3,(H2,17,18)/t10-,11-,13-,15-/m1/s1. The molecule has 0 saturated carbocycles. The van der Waals surface area contributed by atoms with Crippen molar-refractivity contribution in [3.63, 3.8) is 0 Å². The van der Waals surface area contributed by atoms with Crippen LogP contribution in [-0.2, 0) is 4.74 Å². The Bertz CT molecular complexity index is 759. The molecule has 0 aliphatic carbocycles.